The minimum absolute atomic E-state index is 0.295. The first kappa shape index (κ1) is 23.8. The second kappa shape index (κ2) is 10.8. The Morgan fingerprint density at radius 3 is 1.97 bits per heavy atom. The summed E-state index contributed by atoms with van der Waals surface area (Å²) in [4.78, 5) is 24.7. The molecule has 5 rings (SSSR count). The first-order valence-electron chi connectivity index (χ1n) is 12.0. The van der Waals surface area contributed by atoms with Crippen molar-refractivity contribution < 1.29 is 9.57 Å². The number of benzene rings is 4. The van der Waals surface area contributed by atoms with Crippen molar-refractivity contribution in [3.63, 3.8) is 0 Å². The van der Waals surface area contributed by atoms with Gasteiger partial charge in [0.2, 0.25) is 0 Å². The molecule has 1 heterocycles. The van der Waals surface area contributed by atoms with E-state index in [0.717, 1.165) is 33.6 Å². The highest BCUT2D eigenvalue weighted by Crippen LogP contribution is 2.25. The molecule has 1 aromatic heterocycles. The quantitative estimate of drug-likeness (QED) is 0.198. The largest absolute Gasteiger partial charge is 0.497 e. The molecule has 0 atom stereocenters. The maximum atomic E-state index is 13.6. The molecule has 0 spiro atoms. The third kappa shape index (κ3) is 5.36. The summed E-state index contributed by atoms with van der Waals surface area (Å²) in [6.45, 7) is 1.99. The van der Waals surface area contributed by atoms with Crippen LogP contribution in [0, 0.1) is 6.92 Å². The van der Waals surface area contributed by atoms with E-state index in [0.29, 0.717) is 17.3 Å². The van der Waals surface area contributed by atoms with E-state index in [1.807, 2.05) is 122 Å². The van der Waals surface area contributed by atoms with Gasteiger partial charge in [0, 0.05) is 17.2 Å². The molecule has 0 fully saturated rings. The third-order valence-electron chi connectivity index (χ3n) is 6.02. The van der Waals surface area contributed by atoms with E-state index in [-0.39, 0.29) is 5.56 Å². The van der Waals surface area contributed by atoms with Gasteiger partial charge in [-0.1, -0.05) is 78.9 Å². The summed E-state index contributed by atoms with van der Waals surface area (Å²) in [6.07, 6.45) is 0. The van der Waals surface area contributed by atoms with Gasteiger partial charge in [-0.05, 0) is 60.0 Å². The van der Waals surface area contributed by atoms with E-state index >= 15 is 0 Å². The fourth-order valence-electron chi connectivity index (χ4n) is 4.06. The van der Waals surface area contributed by atoms with Crippen molar-refractivity contribution >= 4 is 11.6 Å². The van der Waals surface area contributed by atoms with Crippen LogP contribution in [0.4, 0.5) is 5.69 Å². The van der Waals surface area contributed by atoms with Crippen molar-refractivity contribution in [2.45, 2.75) is 6.92 Å². The van der Waals surface area contributed by atoms with E-state index in [1.165, 1.54) is 4.73 Å². The lowest BCUT2D eigenvalue weighted by Crippen LogP contribution is -2.32. The van der Waals surface area contributed by atoms with Crippen LogP contribution in [-0.4, -0.2) is 17.7 Å². The van der Waals surface area contributed by atoms with E-state index in [2.05, 4.69) is 0 Å². The number of hydrogen-bond acceptors (Lipinski definition) is 4. The molecular weight excluding hydrogens is 460 g/mol. The lowest BCUT2D eigenvalue weighted by Gasteiger charge is -2.17. The van der Waals surface area contributed by atoms with Gasteiger partial charge < -0.3 is 9.57 Å². The number of hydrogen-bond donors (Lipinski definition) is 0. The van der Waals surface area contributed by atoms with Crippen LogP contribution in [0.3, 0.4) is 0 Å². The minimum atomic E-state index is -0.295. The topological polar surface area (TPSA) is 52.8 Å². The predicted octanol–water partition coefficient (Wildman–Crippen LogP) is 6.71. The average molecular weight is 487 g/mol. The zero-order valence-corrected chi connectivity index (χ0v) is 20.7. The Morgan fingerprint density at radius 2 is 1.32 bits per heavy atom. The molecule has 0 bridgehead atoms. The van der Waals surface area contributed by atoms with E-state index < -0.39 is 0 Å². The highest BCUT2D eigenvalue weighted by molar-refractivity contribution is 5.97. The zero-order chi connectivity index (χ0) is 25.6. The van der Waals surface area contributed by atoms with Gasteiger partial charge in [-0.15, -0.1) is 4.73 Å². The molecule has 182 valence electrons. The lowest BCUT2D eigenvalue weighted by molar-refractivity contribution is 0.255. The molecule has 0 unspecified atom stereocenters. The number of aryl methyl sites for hydroxylation is 1. The van der Waals surface area contributed by atoms with Crippen molar-refractivity contribution in [2.24, 2.45) is 4.99 Å². The van der Waals surface area contributed by atoms with E-state index in [9.17, 15) is 4.79 Å². The van der Waals surface area contributed by atoms with Crippen LogP contribution in [0.2, 0.25) is 0 Å². The molecular formula is C32H26N2O3. The van der Waals surface area contributed by atoms with Gasteiger partial charge >= 0.3 is 0 Å². The Bertz CT molecular complexity index is 1590. The van der Waals surface area contributed by atoms with Gasteiger partial charge in [-0.2, -0.15) is 0 Å². The molecule has 5 aromatic rings. The van der Waals surface area contributed by atoms with Crippen LogP contribution in [-0.2, 0) is 0 Å². The molecule has 4 aromatic carbocycles. The van der Waals surface area contributed by atoms with Crippen LogP contribution in [0.25, 0.3) is 22.4 Å². The fraction of sp³-hybridized carbons (Fsp3) is 0.0625. The smallest absolute Gasteiger partial charge is 0.284 e. The summed E-state index contributed by atoms with van der Waals surface area (Å²) in [5.74, 6) is 1.05. The summed E-state index contributed by atoms with van der Waals surface area (Å²) >= 11 is 0. The van der Waals surface area contributed by atoms with Gasteiger partial charge in [-0.25, -0.2) is 4.99 Å². The first-order valence-corrected chi connectivity index (χ1v) is 12.0. The van der Waals surface area contributed by atoms with Crippen molar-refractivity contribution in [3.05, 3.63) is 143 Å². The third-order valence-corrected chi connectivity index (χ3v) is 6.02. The lowest BCUT2D eigenvalue weighted by atomic mass is 10.0. The Kier molecular flexibility index (Phi) is 6.95. The van der Waals surface area contributed by atoms with Gasteiger partial charge in [0.05, 0.1) is 18.5 Å². The number of nitrogens with zero attached hydrogens (tertiary/aromatic N) is 2. The molecule has 5 heteroatoms. The summed E-state index contributed by atoms with van der Waals surface area (Å²) in [5, 5.41) is 0. The standard InChI is InChI=1S/C32H26N2O3/c1-23-11-9-10-16-29(23)32(33-27-17-19-28(36-2)20-18-27)37-34-30(25-14-7-4-8-15-25)21-26(22-31(34)35)24-12-5-3-6-13-24/h3-22H,1-2H3. The molecule has 0 aliphatic rings. The number of methoxy groups -OCH3 is 1. The molecule has 0 saturated carbocycles. The molecule has 0 N–H and O–H groups in total. The number of rotatable bonds is 6. The Morgan fingerprint density at radius 1 is 0.703 bits per heavy atom. The highest BCUT2D eigenvalue weighted by Gasteiger charge is 2.17. The van der Waals surface area contributed by atoms with Gasteiger partial charge in [0.25, 0.3) is 11.5 Å². The monoisotopic (exact) mass is 486 g/mol. The van der Waals surface area contributed by atoms with E-state index in [4.69, 9.17) is 14.6 Å². The maximum absolute atomic E-state index is 13.6. The molecule has 0 amide bonds. The molecule has 0 radical (unpaired) electrons. The number of pyridine rings is 1. The SMILES string of the molecule is COc1ccc(N=C(On2c(-c3ccccc3)cc(-c3ccccc3)cc2=O)c2ccccc2C)cc1. The Labute approximate surface area is 215 Å². The second-order valence-corrected chi connectivity index (χ2v) is 8.52. The summed E-state index contributed by atoms with van der Waals surface area (Å²) in [7, 11) is 1.62. The van der Waals surface area contributed by atoms with Crippen LogP contribution in [0.15, 0.2) is 131 Å². The Balaban J connectivity index is 1.67. The van der Waals surface area contributed by atoms with E-state index in [1.54, 1.807) is 13.2 Å². The predicted molar refractivity (Wildman–Crippen MR) is 149 cm³/mol. The first-order chi connectivity index (χ1) is 18.1. The second-order valence-electron chi connectivity index (χ2n) is 8.52. The normalized spacial score (nSPS) is 11.2. The molecule has 37 heavy (non-hydrogen) atoms. The van der Waals surface area contributed by atoms with Gasteiger partial charge in [0.1, 0.15) is 5.75 Å². The zero-order valence-electron chi connectivity index (χ0n) is 20.7. The van der Waals surface area contributed by atoms with Crippen molar-refractivity contribution in [3.8, 4) is 28.1 Å². The summed E-state index contributed by atoms with van der Waals surface area (Å²) in [6, 6.07) is 38.3. The molecule has 0 aliphatic carbocycles. The summed E-state index contributed by atoms with van der Waals surface area (Å²) in [5.41, 5.74) is 5.39. The summed E-state index contributed by atoms with van der Waals surface area (Å²) < 4.78 is 6.59. The Hall–Kier alpha value is -4.90. The van der Waals surface area contributed by atoms with Crippen molar-refractivity contribution in [1.29, 1.82) is 0 Å². The molecule has 0 aliphatic heterocycles. The average Bonchev–Trinajstić information content (AvgIpc) is 2.95. The van der Waals surface area contributed by atoms with Gasteiger partial charge in [0.15, 0.2) is 0 Å². The van der Waals surface area contributed by atoms with Crippen molar-refractivity contribution in [1.82, 2.24) is 4.73 Å². The van der Waals surface area contributed by atoms with Crippen LogP contribution < -0.4 is 15.1 Å². The fourth-order valence-corrected chi connectivity index (χ4v) is 4.06. The van der Waals surface area contributed by atoms with Crippen LogP contribution in [0.1, 0.15) is 11.1 Å². The van der Waals surface area contributed by atoms with Crippen LogP contribution >= 0.6 is 0 Å². The minimum Gasteiger partial charge on any atom is -0.497 e. The molecule has 5 nitrogen and oxygen atoms in total. The molecule has 0 saturated heterocycles. The van der Waals surface area contributed by atoms with Crippen molar-refractivity contribution in [2.75, 3.05) is 7.11 Å². The highest BCUT2D eigenvalue weighted by atomic mass is 16.7. The maximum Gasteiger partial charge on any atom is 0.284 e. The van der Waals surface area contributed by atoms with Gasteiger partial charge in [-0.3, -0.25) is 4.79 Å². The number of aliphatic imine (C=N–C) groups is 1. The number of aromatic nitrogens is 1. The van der Waals surface area contributed by atoms with Crippen LogP contribution in [0.5, 0.6) is 5.75 Å². The number of ether oxygens (including phenoxy) is 1.